The fourth-order valence-electron chi connectivity index (χ4n) is 2.04. The molecule has 1 aromatic rings. The Bertz CT molecular complexity index is 402. The second-order valence-corrected chi connectivity index (χ2v) is 6.50. The molecule has 1 rings (SSSR count). The molecule has 1 atom stereocenters. The average molecular weight is 264 g/mol. The lowest BCUT2D eigenvalue weighted by atomic mass is 9.88. The lowest BCUT2D eigenvalue weighted by Gasteiger charge is -2.23. The Morgan fingerprint density at radius 2 is 1.74 bits per heavy atom. The van der Waals surface area contributed by atoms with Crippen LogP contribution in [0.1, 0.15) is 77.8 Å². The van der Waals surface area contributed by atoms with Crippen molar-refractivity contribution >= 4 is 0 Å². The van der Waals surface area contributed by atoms with Crippen LogP contribution < -0.4 is 4.89 Å². The van der Waals surface area contributed by atoms with Crippen molar-refractivity contribution in [2.24, 2.45) is 0 Å². The second kappa shape index (κ2) is 6.42. The van der Waals surface area contributed by atoms with Crippen LogP contribution in [0.15, 0.2) is 18.2 Å². The Balaban J connectivity index is 3.12. The van der Waals surface area contributed by atoms with E-state index >= 15 is 0 Å². The molecule has 0 amide bonds. The molecule has 0 fully saturated rings. The molecule has 0 heterocycles. The fraction of sp³-hybridized carbons (Fsp3) is 0.647. The van der Waals surface area contributed by atoms with Gasteiger partial charge in [-0.25, -0.2) is 0 Å². The minimum atomic E-state index is -0.305. The predicted molar refractivity (Wildman–Crippen MR) is 80.7 cm³/mol. The number of rotatable bonds is 5. The Kier molecular flexibility index (Phi) is 5.42. The van der Waals surface area contributed by atoms with Crippen molar-refractivity contribution in [2.45, 2.75) is 72.3 Å². The molecule has 2 heteroatoms. The van der Waals surface area contributed by atoms with Crippen molar-refractivity contribution in [3.8, 4) is 5.75 Å². The Morgan fingerprint density at radius 3 is 2.21 bits per heavy atom. The number of hydrogen-bond acceptors (Lipinski definition) is 2. The van der Waals surface area contributed by atoms with Crippen molar-refractivity contribution in [1.29, 1.82) is 0 Å². The molecule has 0 N–H and O–H groups in total. The van der Waals surface area contributed by atoms with Crippen LogP contribution in [0.25, 0.3) is 0 Å². The minimum Gasteiger partial charge on any atom is -0.337 e. The van der Waals surface area contributed by atoms with Crippen molar-refractivity contribution in [3.63, 3.8) is 0 Å². The van der Waals surface area contributed by atoms with Crippen LogP contribution >= 0.6 is 0 Å². The zero-order valence-corrected chi connectivity index (χ0v) is 13.4. The minimum absolute atomic E-state index is 0.305. The maximum Gasteiger partial charge on any atom is 0.169 e. The van der Waals surface area contributed by atoms with Gasteiger partial charge >= 0.3 is 0 Å². The molecule has 0 saturated heterocycles. The zero-order chi connectivity index (χ0) is 14.6. The van der Waals surface area contributed by atoms with Gasteiger partial charge in [-0.15, -0.1) is 0 Å². The first-order valence-corrected chi connectivity index (χ1v) is 7.24. The topological polar surface area (TPSA) is 18.5 Å². The van der Waals surface area contributed by atoms with Gasteiger partial charge in [-0.2, -0.15) is 4.89 Å². The summed E-state index contributed by atoms with van der Waals surface area (Å²) in [6.45, 7) is 14.8. The molecule has 2 nitrogen and oxygen atoms in total. The van der Waals surface area contributed by atoms with E-state index in [0.29, 0.717) is 11.8 Å². The summed E-state index contributed by atoms with van der Waals surface area (Å²) in [5.74, 6) is 1.81. The van der Waals surface area contributed by atoms with Crippen LogP contribution in [0.5, 0.6) is 5.75 Å². The van der Waals surface area contributed by atoms with Gasteiger partial charge < -0.3 is 4.89 Å². The van der Waals surface area contributed by atoms with Gasteiger partial charge in [0.05, 0.1) is 0 Å². The predicted octanol–water partition coefficient (Wildman–Crippen LogP) is 5.43. The van der Waals surface area contributed by atoms with E-state index < -0.39 is 0 Å². The van der Waals surface area contributed by atoms with E-state index in [1.54, 1.807) is 0 Å². The largest absolute Gasteiger partial charge is 0.337 e. The Hall–Kier alpha value is -1.02. The summed E-state index contributed by atoms with van der Waals surface area (Å²) >= 11 is 0. The van der Waals surface area contributed by atoms with E-state index in [0.717, 1.165) is 12.2 Å². The van der Waals surface area contributed by atoms with Gasteiger partial charge in [0.25, 0.3) is 0 Å². The molecule has 1 aromatic carbocycles. The first kappa shape index (κ1) is 16.0. The standard InChI is InChI=1S/C17H28O2/c1-8-13(4)16-14(12(2)3)10-9-11-15(16)18-19-17(5,6)7/h9-13H,8H2,1-7H3. The summed E-state index contributed by atoms with van der Waals surface area (Å²) in [5.41, 5.74) is 2.33. The van der Waals surface area contributed by atoms with E-state index in [-0.39, 0.29) is 5.60 Å². The maximum absolute atomic E-state index is 5.62. The third-order valence-electron chi connectivity index (χ3n) is 3.21. The summed E-state index contributed by atoms with van der Waals surface area (Å²) < 4.78 is 0. The van der Waals surface area contributed by atoms with Crippen LogP contribution in [0.3, 0.4) is 0 Å². The molecule has 19 heavy (non-hydrogen) atoms. The molecule has 1 unspecified atom stereocenters. The van der Waals surface area contributed by atoms with Gasteiger partial charge in [0.1, 0.15) is 5.60 Å². The third-order valence-corrected chi connectivity index (χ3v) is 3.21. The Morgan fingerprint density at radius 1 is 1.11 bits per heavy atom. The van der Waals surface area contributed by atoms with Crippen molar-refractivity contribution in [3.05, 3.63) is 29.3 Å². The fourth-order valence-corrected chi connectivity index (χ4v) is 2.04. The molecule has 108 valence electrons. The molecule has 0 bridgehead atoms. The molecular weight excluding hydrogens is 236 g/mol. The molecule has 0 aliphatic carbocycles. The quantitative estimate of drug-likeness (QED) is 0.521. The average Bonchev–Trinajstić information content (AvgIpc) is 2.33. The van der Waals surface area contributed by atoms with Gasteiger partial charge in [0, 0.05) is 5.56 Å². The van der Waals surface area contributed by atoms with Crippen molar-refractivity contribution in [2.75, 3.05) is 0 Å². The summed E-state index contributed by atoms with van der Waals surface area (Å²) in [5, 5.41) is 0. The third kappa shape index (κ3) is 4.54. The molecule has 0 spiro atoms. The first-order chi connectivity index (χ1) is 8.76. The Labute approximate surface area is 118 Å². The van der Waals surface area contributed by atoms with Gasteiger partial charge in [-0.1, -0.05) is 39.8 Å². The van der Waals surface area contributed by atoms with Crippen molar-refractivity contribution < 1.29 is 9.78 Å². The highest BCUT2D eigenvalue weighted by Gasteiger charge is 2.20. The zero-order valence-electron chi connectivity index (χ0n) is 13.4. The van der Waals surface area contributed by atoms with Gasteiger partial charge in [0.15, 0.2) is 5.75 Å². The van der Waals surface area contributed by atoms with E-state index in [1.165, 1.54) is 11.1 Å². The molecule has 0 aromatic heterocycles. The smallest absolute Gasteiger partial charge is 0.169 e. The SMILES string of the molecule is CCC(C)c1c(OOC(C)(C)C)cccc1C(C)C. The number of hydrogen-bond donors (Lipinski definition) is 0. The van der Waals surface area contributed by atoms with Crippen LogP contribution in [0, 0.1) is 0 Å². The summed E-state index contributed by atoms with van der Waals surface area (Å²) in [6, 6.07) is 6.23. The highest BCUT2D eigenvalue weighted by molar-refractivity contribution is 5.43. The van der Waals surface area contributed by atoms with Crippen LogP contribution in [-0.2, 0) is 4.89 Å². The lowest BCUT2D eigenvalue weighted by molar-refractivity contribution is -0.275. The molecule has 0 aliphatic rings. The summed E-state index contributed by atoms with van der Waals surface area (Å²) in [7, 11) is 0. The van der Waals surface area contributed by atoms with E-state index in [2.05, 4.69) is 33.8 Å². The van der Waals surface area contributed by atoms with E-state index in [4.69, 9.17) is 9.78 Å². The van der Waals surface area contributed by atoms with Crippen LogP contribution in [0.4, 0.5) is 0 Å². The first-order valence-electron chi connectivity index (χ1n) is 7.24. The second-order valence-electron chi connectivity index (χ2n) is 6.50. The molecule has 0 radical (unpaired) electrons. The van der Waals surface area contributed by atoms with Gasteiger partial charge in [-0.05, 0) is 50.7 Å². The van der Waals surface area contributed by atoms with E-state index in [1.807, 2.05) is 32.9 Å². The summed E-state index contributed by atoms with van der Waals surface area (Å²) in [4.78, 5) is 11.1. The van der Waals surface area contributed by atoms with Gasteiger partial charge in [-0.3, -0.25) is 0 Å². The van der Waals surface area contributed by atoms with Crippen LogP contribution in [-0.4, -0.2) is 5.60 Å². The lowest BCUT2D eigenvalue weighted by Crippen LogP contribution is -2.22. The molecule has 0 aliphatic heterocycles. The summed E-state index contributed by atoms with van der Waals surface area (Å²) in [6.07, 6.45) is 1.09. The molecule has 0 saturated carbocycles. The highest BCUT2D eigenvalue weighted by Crippen LogP contribution is 2.36. The van der Waals surface area contributed by atoms with Crippen molar-refractivity contribution in [1.82, 2.24) is 0 Å². The normalized spacial score (nSPS) is 13.7. The van der Waals surface area contributed by atoms with E-state index in [9.17, 15) is 0 Å². The number of benzene rings is 1. The monoisotopic (exact) mass is 264 g/mol. The van der Waals surface area contributed by atoms with Gasteiger partial charge in [0.2, 0.25) is 0 Å². The molecular formula is C17H28O2. The maximum atomic E-state index is 5.62. The highest BCUT2D eigenvalue weighted by atomic mass is 17.2. The van der Waals surface area contributed by atoms with Crippen LogP contribution in [0.2, 0.25) is 0 Å².